The summed E-state index contributed by atoms with van der Waals surface area (Å²) < 4.78 is 0. The van der Waals surface area contributed by atoms with E-state index in [4.69, 9.17) is 0 Å². The van der Waals surface area contributed by atoms with Crippen LogP contribution >= 0.6 is 0 Å². The van der Waals surface area contributed by atoms with E-state index in [1.165, 1.54) is 12.1 Å². The third kappa shape index (κ3) is 2.03. The predicted molar refractivity (Wildman–Crippen MR) is 32.9 cm³/mol. The van der Waals surface area contributed by atoms with Crippen molar-refractivity contribution in [3.05, 3.63) is 35.9 Å². The molecular formula is C7H5O4-. The Morgan fingerprint density at radius 1 is 1.27 bits per heavy atom. The van der Waals surface area contributed by atoms with Gasteiger partial charge in [-0.15, -0.1) is 0 Å². The average Bonchev–Trinajstić information content (AvgIpc) is 2.07. The van der Waals surface area contributed by atoms with Crippen LogP contribution in [-0.4, -0.2) is 5.97 Å². The van der Waals surface area contributed by atoms with Gasteiger partial charge in [0.05, 0.1) is 5.56 Å². The highest BCUT2D eigenvalue weighted by atomic mass is 17.5. The van der Waals surface area contributed by atoms with Crippen LogP contribution in [-0.2, 0) is 9.93 Å². The summed E-state index contributed by atoms with van der Waals surface area (Å²) in [6.45, 7) is 0. The van der Waals surface area contributed by atoms with Crippen LogP contribution < -0.4 is 5.26 Å². The van der Waals surface area contributed by atoms with E-state index in [0.717, 1.165) is 0 Å². The van der Waals surface area contributed by atoms with Crippen LogP contribution in [0.1, 0.15) is 10.4 Å². The molecule has 0 fully saturated rings. The van der Waals surface area contributed by atoms with E-state index in [1.54, 1.807) is 18.2 Å². The fourth-order valence-corrected chi connectivity index (χ4v) is 0.653. The average molecular weight is 153 g/mol. The molecule has 1 rings (SSSR count). The summed E-state index contributed by atoms with van der Waals surface area (Å²) in [5.74, 6) is -0.791. The molecule has 0 aliphatic heterocycles. The molecule has 0 N–H and O–H groups in total. The Labute approximate surface area is 62.8 Å². The molecule has 11 heavy (non-hydrogen) atoms. The second-order valence-corrected chi connectivity index (χ2v) is 1.80. The second kappa shape index (κ2) is 3.70. The van der Waals surface area contributed by atoms with Crippen LogP contribution in [0.25, 0.3) is 0 Å². The standard InChI is InChI=1S/C7H6O4/c8-7(10-11-9)6-4-2-1-3-5-6/h1-5,9H/p-1. The van der Waals surface area contributed by atoms with Crippen LogP contribution in [0.15, 0.2) is 30.3 Å². The fourth-order valence-electron chi connectivity index (χ4n) is 0.653. The number of rotatable bonds is 2. The third-order valence-corrected chi connectivity index (χ3v) is 1.12. The molecule has 0 amide bonds. The Morgan fingerprint density at radius 2 is 1.91 bits per heavy atom. The fraction of sp³-hybridized carbons (Fsp3) is 0. The second-order valence-electron chi connectivity index (χ2n) is 1.80. The zero-order valence-electron chi connectivity index (χ0n) is 5.52. The maximum Gasteiger partial charge on any atom is 0.372 e. The van der Waals surface area contributed by atoms with Crippen molar-refractivity contribution in [2.75, 3.05) is 0 Å². The Morgan fingerprint density at radius 3 is 2.45 bits per heavy atom. The highest BCUT2D eigenvalue weighted by Gasteiger charge is 2.03. The number of carbonyl (C=O) groups is 1. The predicted octanol–water partition coefficient (Wildman–Crippen LogP) is 0.0503. The molecule has 4 heteroatoms. The lowest BCUT2D eigenvalue weighted by molar-refractivity contribution is -0.785. The van der Waals surface area contributed by atoms with Gasteiger partial charge in [-0.05, 0) is 12.1 Å². The lowest BCUT2D eigenvalue weighted by atomic mass is 10.2. The molecule has 0 unspecified atom stereocenters. The molecule has 0 saturated carbocycles. The minimum absolute atomic E-state index is 0.281. The minimum Gasteiger partial charge on any atom is -0.681 e. The monoisotopic (exact) mass is 153 g/mol. The summed E-state index contributed by atoms with van der Waals surface area (Å²) in [7, 11) is 0. The maximum absolute atomic E-state index is 10.7. The van der Waals surface area contributed by atoms with E-state index >= 15 is 0 Å². The van der Waals surface area contributed by atoms with Gasteiger partial charge in [0.25, 0.3) is 0 Å². The van der Waals surface area contributed by atoms with Gasteiger partial charge in [0, 0.05) is 0 Å². The summed E-state index contributed by atoms with van der Waals surface area (Å²) in [4.78, 5) is 14.4. The Hall–Kier alpha value is -1.39. The highest BCUT2D eigenvalue weighted by molar-refractivity contribution is 5.88. The maximum atomic E-state index is 10.7. The van der Waals surface area contributed by atoms with Crippen molar-refractivity contribution in [3.8, 4) is 0 Å². The summed E-state index contributed by atoms with van der Waals surface area (Å²) in [6.07, 6.45) is 0. The number of carbonyl (C=O) groups excluding carboxylic acids is 1. The molecular weight excluding hydrogens is 148 g/mol. The first kappa shape index (κ1) is 7.71. The van der Waals surface area contributed by atoms with Gasteiger partial charge in [-0.3, -0.25) is 0 Å². The van der Waals surface area contributed by atoms with Crippen molar-refractivity contribution in [2.45, 2.75) is 0 Å². The largest absolute Gasteiger partial charge is 0.681 e. The molecule has 1 aromatic carbocycles. The Bertz CT molecular complexity index is 231. The van der Waals surface area contributed by atoms with Crippen molar-refractivity contribution in [1.82, 2.24) is 0 Å². The summed E-state index contributed by atoms with van der Waals surface area (Å²) in [5, 5.41) is 12.3. The first-order valence-corrected chi connectivity index (χ1v) is 2.90. The molecule has 0 bridgehead atoms. The van der Waals surface area contributed by atoms with Crippen LogP contribution in [0.3, 0.4) is 0 Å². The molecule has 0 saturated heterocycles. The van der Waals surface area contributed by atoms with Crippen LogP contribution in [0.4, 0.5) is 0 Å². The normalized spacial score (nSPS) is 9.18. The third-order valence-electron chi connectivity index (χ3n) is 1.12. The minimum atomic E-state index is -0.791. The molecule has 0 radical (unpaired) electrons. The van der Waals surface area contributed by atoms with E-state index in [0.29, 0.717) is 0 Å². The number of hydrogen-bond donors (Lipinski definition) is 0. The van der Waals surface area contributed by atoms with Gasteiger partial charge in [0.1, 0.15) is 0 Å². The van der Waals surface area contributed by atoms with Crippen molar-refractivity contribution >= 4 is 5.97 Å². The Kier molecular flexibility index (Phi) is 2.59. The van der Waals surface area contributed by atoms with Crippen LogP contribution in [0, 0.1) is 0 Å². The van der Waals surface area contributed by atoms with E-state index in [-0.39, 0.29) is 5.56 Å². The van der Waals surface area contributed by atoms with Crippen molar-refractivity contribution < 1.29 is 20.0 Å². The van der Waals surface area contributed by atoms with Crippen molar-refractivity contribution in [3.63, 3.8) is 0 Å². The zero-order valence-corrected chi connectivity index (χ0v) is 5.52. The van der Waals surface area contributed by atoms with E-state index in [9.17, 15) is 10.1 Å². The Balaban J connectivity index is 2.69. The first-order chi connectivity index (χ1) is 5.34. The molecule has 0 heterocycles. The van der Waals surface area contributed by atoms with Gasteiger partial charge in [-0.25, -0.2) is 9.83 Å². The van der Waals surface area contributed by atoms with Gasteiger partial charge in [-0.1, -0.05) is 18.2 Å². The molecule has 0 aliphatic carbocycles. The first-order valence-electron chi connectivity index (χ1n) is 2.90. The van der Waals surface area contributed by atoms with Crippen molar-refractivity contribution in [2.24, 2.45) is 0 Å². The van der Waals surface area contributed by atoms with Gasteiger partial charge < -0.3 is 10.1 Å². The van der Waals surface area contributed by atoms with Crippen LogP contribution in [0.2, 0.25) is 0 Å². The van der Waals surface area contributed by atoms with E-state index < -0.39 is 5.97 Å². The molecule has 0 aromatic heterocycles. The smallest absolute Gasteiger partial charge is 0.372 e. The molecule has 0 aliphatic rings. The SMILES string of the molecule is O=C(OO[O-])c1ccccc1. The number of benzene rings is 1. The number of hydrogen-bond acceptors (Lipinski definition) is 4. The van der Waals surface area contributed by atoms with E-state index in [1.807, 2.05) is 0 Å². The lowest BCUT2D eigenvalue weighted by Crippen LogP contribution is -2.12. The molecule has 0 spiro atoms. The molecule has 4 nitrogen and oxygen atoms in total. The van der Waals surface area contributed by atoms with Crippen LogP contribution in [0.5, 0.6) is 0 Å². The van der Waals surface area contributed by atoms with E-state index in [2.05, 4.69) is 9.93 Å². The summed E-state index contributed by atoms with van der Waals surface area (Å²) in [6, 6.07) is 8.08. The van der Waals surface area contributed by atoms with Gasteiger partial charge >= 0.3 is 5.97 Å². The molecule has 1 aromatic rings. The molecule has 0 atom stereocenters. The zero-order chi connectivity index (χ0) is 8.10. The quantitative estimate of drug-likeness (QED) is 0.445. The highest BCUT2D eigenvalue weighted by Crippen LogP contribution is 1.99. The summed E-state index contributed by atoms with van der Waals surface area (Å²) >= 11 is 0. The summed E-state index contributed by atoms with van der Waals surface area (Å²) in [5.41, 5.74) is 0.281. The molecule has 58 valence electrons. The lowest BCUT2D eigenvalue weighted by Gasteiger charge is -2.03. The van der Waals surface area contributed by atoms with Crippen molar-refractivity contribution in [1.29, 1.82) is 0 Å². The van der Waals surface area contributed by atoms with Gasteiger partial charge in [-0.2, -0.15) is 0 Å². The van der Waals surface area contributed by atoms with Gasteiger partial charge in [0.15, 0.2) is 0 Å². The topological polar surface area (TPSA) is 58.6 Å². The van der Waals surface area contributed by atoms with Gasteiger partial charge in [0.2, 0.25) is 0 Å².